The van der Waals surface area contributed by atoms with E-state index >= 15 is 0 Å². The van der Waals surface area contributed by atoms with Gasteiger partial charge in [0.15, 0.2) is 11.5 Å². The molecule has 4 rings (SSSR count). The number of fused-ring (bicyclic) bond motifs is 3. The number of anilines is 1. The third-order valence-corrected chi connectivity index (χ3v) is 9.96. The molecule has 1 amide bonds. The maximum atomic E-state index is 13.1. The fraction of sp³-hybridized carbons (Fsp3) is 0.500. The average Bonchev–Trinajstić information content (AvgIpc) is 3.09. The molecular formula is C22H26Br2N2O3S. The molecule has 1 aliphatic heterocycles. The number of phenols is 1. The minimum atomic E-state index is -0.561. The van der Waals surface area contributed by atoms with Gasteiger partial charge < -0.3 is 20.5 Å². The third kappa shape index (κ3) is 3.54. The van der Waals surface area contributed by atoms with Gasteiger partial charge in [-0.3, -0.25) is 4.79 Å². The maximum Gasteiger partial charge on any atom is 0.256 e. The first kappa shape index (κ1) is 22.0. The standard InChI is InChI=1S/C22H26Br2N2O3S/c1-5-22(2,3)10-6-7-11-14(8-10)30-21-15(11)20(28)25-19(26-21)16-17(24)12(23)9-13(29-4)18(16)27/h9-10,19,26-27H,5-8H2,1-4H3,(H,25,28)/t10-,19-/m0/s1. The van der Waals surface area contributed by atoms with Gasteiger partial charge in [-0.25, -0.2) is 0 Å². The summed E-state index contributed by atoms with van der Waals surface area (Å²) in [5, 5.41) is 18.1. The van der Waals surface area contributed by atoms with Crippen molar-refractivity contribution in [2.75, 3.05) is 12.4 Å². The summed E-state index contributed by atoms with van der Waals surface area (Å²) in [5.74, 6) is 0.878. The van der Waals surface area contributed by atoms with Crippen LogP contribution in [0.3, 0.4) is 0 Å². The van der Waals surface area contributed by atoms with Crippen LogP contribution >= 0.6 is 43.2 Å². The van der Waals surface area contributed by atoms with E-state index in [2.05, 4.69) is 63.3 Å². The Morgan fingerprint density at radius 3 is 2.73 bits per heavy atom. The summed E-state index contributed by atoms with van der Waals surface area (Å²) in [6, 6.07) is 1.69. The van der Waals surface area contributed by atoms with Crippen molar-refractivity contribution in [3.05, 3.63) is 36.6 Å². The van der Waals surface area contributed by atoms with Gasteiger partial charge in [-0.1, -0.05) is 27.2 Å². The van der Waals surface area contributed by atoms with Gasteiger partial charge in [-0.2, -0.15) is 0 Å². The highest BCUT2D eigenvalue weighted by Gasteiger charge is 2.38. The topological polar surface area (TPSA) is 70.6 Å². The Morgan fingerprint density at radius 2 is 2.07 bits per heavy atom. The number of aromatic hydroxyl groups is 1. The van der Waals surface area contributed by atoms with Gasteiger partial charge in [0.25, 0.3) is 5.91 Å². The van der Waals surface area contributed by atoms with Crippen molar-refractivity contribution in [3.8, 4) is 11.5 Å². The molecular weight excluding hydrogens is 532 g/mol. The largest absolute Gasteiger partial charge is 0.504 e. The first-order chi connectivity index (χ1) is 14.2. The molecule has 0 saturated heterocycles. The van der Waals surface area contributed by atoms with E-state index in [1.54, 1.807) is 17.4 Å². The molecule has 1 aliphatic carbocycles. The Kier molecular flexibility index (Phi) is 5.87. The summed E-state index contributed by atoms with van der Waals surface area (Å²) in [7, 11) is 1.51. The number of ether oxygens (including phenoxy) is 1. The van der Waals surface area contributed by atoms with Crippen molar-refractivity contribution in [3.63, 3.8) is 0 Å². The third-order valence-electron chi connectivity index (χ3n) is 6.76. The number of carbonyl (C=O) groups excluding carboxylic acids is 1. The molecule has 2 atom stereocenters. The highest BCUT2D eigenvalue weighted by atomic mass is 79.9. The van der Waals surface area contributed by atoms with Crippen molar-refractivity contribution in [2.45, 2.75) is 52.6 Å². The maximum absolute atomic E-state index is 13.1. The predicted octanol–water partition coefficient (Wildman–Crippen LogP) is 6.38. The summed E-state index contributed by atoms with van der Waals surface area (Å²) in [6.07, 6.45) is 3.66. The molecule has 5 nitrogen and oxygen atoms in total. The Morgan fingerprint density at radius 1 is 1.33 bits per heavy atom. The number of phenolic OH excluding ortho intramolecular Hbond substituents is 1. The Bertz CT molecular complexity index is 1020. The lowest BCUT2D eigenvalue weighted by molar-refractivity contribution is 0.0934. The van der Waals surface area contributed by atoms with Gasteiger partial charge in [-0.15, -0.1) is 11.3 Å². The molecule has 0 fully saturated rings. The minimum Gasteiger partial charge on any atom is -0.504 e. The van der Waals surface area contributed by atoms with E-state index in [1.165, 1.54) is 17.6 Å². The molecule has 30 heavy (non-hydrogen) atoms. The van der Waals surface area contributed by atoms with Crippen LogP contribution in [0.25, 0.3) is 0 Å². The zero-order valence-electron chi connectivity index (χ0n) is 17.5. The van der Waals surface area contributed by atoms with Crippen molar-refractivity contribution in [2.24, 2.45) is 11.3 Å². The zero-order valence-corrected chi connectivity index (χ0v) is 21.5. The highest BCUT2D eigenvalue weighted by Crippen LogP contribution is 2.49. The molecule has 0 unspecified atom stereocenters. The average molecular weight is 558 g/mol. The van der Waals surface area contributed by atoms with Crippen LogP contribution in [0.5, 0.6) is 11.5 Å². The fourth-order valence-corrected chi connectivity index (χ4v) is 6.74. The van der Waals surface area contributed by atoms with Gasteiger partial charge in [0.1, 0.15) is 11.2 Å². The number of halogens is 2. The van der Waals surface area contributed by atoms with Gasteiger partial charge in [0, 0.05) is 13.8 Å². The van der Waals surface area contributed by atoms with E-state index in [1.807, 2.05) is 0 Å². The molecule has 1 aromatic carbocycles. The van der Waals surface area contributed by atoms with Crippen molar-refractivity contribution in [1.29, 1.82) is 0 Å². The van der Waals surface area contributed by atoms with E-state index in [9.17, 15) is 9.90 Å². The van der Waals surface area contributed by atoms with Crippen LogP contribution in [0.2, 0.25) is 0 Å². The van der Waals surface area contributed by atoms with Crippen LogP contribution in [0.15, 0.2) is 15.0 Å². The monoisotopic (exact) mass is 556 g/mol. The number of rotatable bonds is 4. The molecule has 8 heteroatoms. The van der Waals surface area contributed by atoms with Crippen LogP contribution in [0.1, 0.15) is 66.1 Å². The first-order valence-electron chi connectivity index (χ1n) is 10.1. The zero-order chi connectivity index (χ0) is 21.8. The molecule has 1 aromatic heterocycles. The van der Waals surface area contributed by atoms with Crippen molar-refractivity contribution in [1.82, 2.24) is 5.32 Å². The van der Waals surface area contributed by atoms with E-state index in [-0.39, 0.29) is 11.7 Å². The second kappa shape index (κ2) is 8.02. The SMILES string of the molecule is CCC(C)(C)[C@H]1CCc2c(sc3c2C(=O)N[C@H](c2c(O)c(OC)cc(Br)c2Br)N3)C1. The van der Waals surface area contributed by atoms with Gasteiger partial charge in [0.2, 0.25) is 0 Å². The van der Waals surface area contributed by atoms with Crippen LogP contribution in [-0.4, -0.2) is 18.1 Å². The Labute approximate surface area is 197 Å². The minimum absolute atomic E-state index is 0.0000890. The lowest BCUT2D eigenvalue weighted by Crippen LogP contribution is -2.38. The normalized spacial score (nSPS) is 20.8. The van der Waals surface area contributed by atoms with E-state index in [0.717, 1.165) is 40.7 Å². The number of methoxy groups -OCH3 is 1. The Hall–Kier alpha value is -1.25. The summed E-state index contributed by atoms with van der Waals surface area (Å²) in [4.78, 5) is 14.4. The molecule has 2 aromatic rings. The smallest absolute Gasteiger partial charge is 0.256 e. The highest BCUT2D eigenvalue weighted by molar-refractivity contribution is 9.13. The van der Waals surface area contributed by atoms with Crippen LogP contribution in [-0.2, 0) is 12.8 Å². The Balaban J connectivity index is 1.70. The second-order valence-corrected chi connectivity index (χ2v) is 11.4. The van der Waals surface area contributed by atoms with Gasteiger partial charge >= 0.3 is 0 Å². The molecule has 0 radical (unpaired) electrons. The summed E-state index contributed by atoms with van der Waals surface area (Å²) >= 11 is 8.71. The summed E-state index contributed by atoms with van der Waals surface area (Å²) in [6.45, 7) is 6.95. The molecule has 3 N–H and O–H groups in total. The molecule has 0 spiro atoms. The fourth-order valence-electron chi connectivity index (χ4n) is 4.43. The molecule has 0 bridgehead atoms. The van der Waals surface area contributed by atoms with E-state index in [4.69, 9.17) is 4.74 Å². The van der Waals surface area contributed by atoms with Crippen molar-refractivity contribution < 1.29 is 14.6 Å². The number of thiophene rings is 1. The predicted molar refractivity (Wildman–Crippen MR) is 128 cm³/mol. The molecule has 0 saturated carbocycles. The quantitative estimate of drug-likeness (QED) is 0.408. The second-order valence-electron chi connectivity index (χ2n) is 8.68. The molecule has 2 heterocycles. The van der Waals surface area contributed by atoms with Crippen LogP contribution in [0, 0.1) is 11.3 Å². The lowest BCUT2D eigenvalue weighted by Gasteiger charge is -2.36. The molecule has 162 valence electrons. The number of hydrogen-bond acceptors (Lipinski definition) is 5. The van der Waals surface area contributed by atoms with Crippen LogP contribution < -0.4 is 15.4 Å². The first-order valence-corrected chi connectivity index (χ1v) is 12.5. The van der Waals surface area contributed by atoms with Gasteiger partial charge in [0.05, 0.1) is 18.2 Å². The molecule has 2 aliphatic rings. The number of nitrogens with one attached hydrogen (secondary N) is 2. The van der Waals surface area contributed by atoms with Crippen LogP contribution in [0.4, 0.5) is 5.00 Å². The van der Waals surface area contributed by atoms with E-state index < -0.39 is 6.17 Å². The number of amides is 1. The summed E-state index contributed by atoms with van der Waals surface area (Å²) in [5.41, 5.74) is 2.80. The number of hydrogen-bond donors (Lipinski definition) is 3. The van der Waals surface area contributed by atoms with Crippen molar-refractivity contribution >= 4 is 54.1 Å². The number of benzene rings is 1. The number of carbonyl (C=O) groups is 1. The summed E-state index contributed by atoms with van der Waals surface area (Å²) < 4.78 is 6.70. The van der Waals surface area contributed by atoms with E-state index in [0.29, 0.717) is 27.1 Å². The van der Waals surface area contributed by atoms with Gasteiger partial charge in [-0.05, 0) is 74.1 Å². The lowest BCUT2D eigenvalue weighted by atomic mass is 9.69.